The SMILES string of the molecule is NC(=O)C(F)P(=O)(O)O. The number of carbonyl (C=O) groups excluding carboxylic acids is 1. The molecule has 0 saturated carbocycles. The van der Waals surface area contributed by atoms with E-state index in [4.69, 9.17) is 9.79 Å². The highest BCUT2D eigenvalue weighted by atomic mass is 31.2. The average molecular weight is 157 g/mol. The third-order valence-corrected chi connectivity index (χ3v) is 1.38. The van der Waals surface area contributed by atoms with Crippen LogP contribution in [0.15, 0.2) is 0 Å². The van der Waals surface area contributed by atoms with Gasteiger partial charge in [-0.15, -0.1) is 0 Å². The third-order valence-electron chi connectivity index (χ3n) is 0.530. The van der Waals surface area contributed by atoms with Crippen molar-refractivity contribution in [1.29, 1.82) is 0 Å². The number of nitrogens with two attached hydrogens (primary N) is 1. The monoisotopic (exact) mass is 157 g/mol. The first-order valence-electron chi connectivity index (χ1n) is 1.84. The molecule has 1 atom stereocenters. The van der Waals surface area contributed by atoms with Crippen molar-refractivity contribution in [3.05, 3.63) is 0 Å². The van der Waals surface area contributed by atoms with Gasteiger partial charge in [0.2, 0.25) is 0 Å². The Morgan fingerprint density at radius 2 is 2.00 bits per heavy atom. The molecule has 0 aromatic heterocycles. The number of hydrogen-bond donors (Lipinski definition) is 3. The van der Waals surface area contributed by atoms with Gasteiger partial charge in [-0.3, -0.25) is 9.36 Å². The molecule has 7 heteroatoms. The maximum absolute atomic E-state index is 11.8. The first kappa shape index (κ1) is 8.55. The number of primary amides is 1. The highest BCUT2D eigenvalue weighted by Crippen LogP contribution is 2.41. The minimum absolute atomic E-state index is 1.65. The van der Waals surface area contributed by atoms with E-state index in [0.29, 0.717) is 0 Å². The Balaban J connectivity index is 4.23. The molecule has 1 amide bonds. The second-order valence-corrected chi connectivity index (χ2v) is 2.96. The van der Waals surface area contributed by atoms with Crippen molar-refractivity contribution in [2.24, 2.45) is 5.73 Å². The highest BCUT2D eigenvalue weighted by Gasteiger charge is 2.33. The van der Waals surface area contributed by atoms with Gasteiger partial charge in [0.15, 0.2) is 0 Å². The minimum atomic E-state index is -4.95. The molecule has 0 aliphatic rings. The van der Waals surface area contributed by atoms with Crippen LogP contribution >= 0.6 is 7.60 Å². The number of carbonyl (C=O) groups is 1. The van der Waals surface area contributed by atoms with Crippen LogP contribution in [-0.4, -0.2) is 21.6 Å². The zero-order valence-corrected chi connectivity index (χ0v) is 5.09. The van der Waals surface area contributed by atoms with Crippen LogP contribution in [0.4, 0.5) is 4.39 Å². The van der Waals surface area contributed by atoms with Gasteiger partial charge in [-0.1, -0.05) is 0 Å². The van der Waals surface area contributed by atoms with Gasteiger partial charge in [0.1, 0.15) is 0 Å². The molecular formula is C2H5FNO4P. The lowest BCUT2D eigenvalue weighted by Crippen LogP contribution is -2.24. The summed E-state index contributed by atoms with van der Waals surface area (Å²) < 4.78 is 21.6. The summed E-state index contributed by atoms with van der Waals surface area (Å²) in [5.74, 6) is -4.53. The quantitative estimate of drug-likeness (QED) is 0.445. The lowest BCUT2D eigenvalue weighted by molar-refractivity contribution is -0.120. The summed E-state index contributed by atoms with van der Waals surface area (Å²) in [5.41, 5.74) is 4.22. The van der Waals surface area contributed by atoms with Crippen molar-refractivity contribution in [1.82, 2.24) is 0 Å². The molecule has 4 N–H and O–H groups in total. The summed E-state index contributed by atoms with van der Waals surface area (Å²) in [6.45, 7) is 0. The van der Waals surface area contributed by atoms with Crippen molar-refractivity contribution in [3.63, 3.8) is 0 Å². The molecule has 5 nitrogen and oxygen atoms in total. The lowest BCUT2D eigenvalue weighted by atomic mass is 10.7. The predicted molar refractivity (Wildman–Crippen MR) is 26.1 cm³/mol. The first-order chi connectivity index (χ1) is 3.85. The second kappa shape index (κ2) is 2.43. The summed E-state index contributed by atoms with van der Waals surface area (Å²) in [7, 11) is -4.95. The molecule has 0 fully saturated rings. The fourth-order valence-corrected chi connectivity index (χ4v) is 0.497. The summed E-state index contributed by atoms with van der Waals surface area (Å²) in [4.78, 5) is 25.5. The van der Waals surface area contributed by atoms with E-state index in [2.05, 4.69) is 5.73 Å². The van der Waals surface area contributed by atoms with Crippen LogP contribution in [0, 0.1) is 0 Å². The van der Waals surface area contributed by atoms with E-state index in [1.807, 2.05) is 0 Å². The summed E-state index contributed by atoms with van der Waals surface area (Å²) in [6, 6.07) is 0. The predicted octanol–water partition coefficient (Wildman–Crippen LogP) is -1.06. The van der Waals surface area contributed by atoms with E-state index in [-0.39, 0.29) is 0 Å². The van der Waals surface area contributed by atoms with E-state index in [1.165, 1.54) is 0 Å². The van der Waals surface area contributed by atoms with Crippen molar-refractivity contribution >= 4 is 13.5 Å². The smallest absolute Gasteiger partial charge is 0.367 e. The zero-order chi connectivity index (χ0) is 7.65. The Labute approximate surface area is 49.8 Å². The topological polar surface area (TPSA) is 101 Å². The summed E-state index contributed by atoms with van der Waals surface area (Å²) in [6.07, 6.45) is 0. The van der Waals surface area contributed by atoms with Crippen LogP contribution in [0.5, 0.6) is 0 Å². The molecule has 0 aliphatic heterocycles. The number of rotatable bonds is 2. The first-order valence-corrected chi connectivity index (χ1v) is 3.52. The van der Waals surface area contributed by atoms with E-state index in [0.717, 1.165) is 0 Å². The molecule has 1 unspecified atom stereocenters. The standard InChI is InChI=1S/C2H5FNO4P/c3-1(2(4)5)9(6,7)8/h1H,(H2,4,5)(H2,6,7,8). The molecule has 0 heterocycles. The van der Waals surface area contributed by atoms with Gasteiger partial charge in [-0.05, 0) is 0 Å². The van der Waals surface area contributed by atoms with Crippen LogP contribution in [0.1, 0.15) is 0 Å². The molecule has 0 aromatic rings. The molecule has 54 valence electrons. The molecule has 0 spiro atoms. The number of amides is 1. The minimum Gasteiger partial charge on any atom is -0.367 e. The maximum Gasteiger partial charge on any atom is 0.369 e. The fraction of sp³-hybridized carbons (Fsp3) is 0.500. The Bertz CT molecular complexity index is 164. The summed E-state index contributed by atoms with van der Waals surface area (Å²) >= 11 is 0. The van der Waals surface area contributed by atoms with E-state index in [1.54, 1.807) is 0 Å². The second-order valence-electron chi connectivity index (χ2n) is 1.33. The van der Waals surface area contributed by atoms with Crippen LogP contribution in [0.3, 0.4) is 0 Å². The molecule has 0 bridgehead atoms. The van der Waals surface area contributed by atoms with Gasteiger partial charge in [-0.25, -0.2) is 4.39 Å². The number of halogens is 1. The number of alkyl halides is 1. The van der Waals surface area contributed by atoms with Gasteiger partial charge in [0, 0.05) is 0 Å². The van der Waals surface area contributed by atoms with Gasteiger partial charge in [0.05, 0.1) is 0 Å². The molecule has 0 radical (unpaired) electrons. The molecular weight excluding hydrogens is 152 g/mol. The van der Waals surface area contributed by atoms with Gasteiger partial charge in [0.25, 0.3) is 11.8 Å². The Kier molecular flexibility index (Phi) is 2.31. The largest absolute Gasteiger partial charge is 0.369 e. The van der Waals surface area contributed by atoms with E-state index in [9.17, 15) is 13.8 Å². The van der Waals surface area contributed by atoms with Crippen LogP contribution in [-0.2, 0) is 9.36 Å². The average Bonchev–Trinajstić information content (AvgIpc) is 1.62. The van der Waals surface area contributed by atoms with Crippen LogP contribution in [0.2, 0.25) is 0 Å². The molecule has 0 saturated heterocycles. The zero-order valence-electron chi connectivity index (χ0n) is 4.19. The lowest BCUT2D eigenvalue weighted by Gasteiger charge is -2.03. The molecule has 0 aliphatic carbocycles. The van der Waals surface area contributed by atoms with Crippen molar-refractivity contribution in [2.75, 3.05) is 0 Å². The van der Waals surface area contributed by atoms with Gasteiger partial charge < -0.3 is 15.5 Å². The Morgan fingerprint density at radius 1 is 1.67 bits per heavy atom. The van der Waals surface area contributed by atoms with E-state index >= 15 is 0 Å². The Hall–Kier alpha value is -0.450. The van der Waals surface area contributed by atoms with Crippen LogP contribution < -0.4 is 5.73 Å². The van der Waals surface area contributed by atoms with Gasteiger partial charge >= 0.3 is 7.60 Å². The Morgan fingerprint density at radius 3 is 2.00 bits per heavy atom. The summed E-state index contributed by atoms with van der Waals surface area (Å²) in [5, 5.41) is 0. The molecule has 9 heavy (non-hydrogen) atoms. The maximum atomic E-state index is 11.8. The molecule has 0 aromatic carbocycles. The van der Waals surface area contributed by atoms with E-state index < -0.39 is 19.4 Å². The van der Waals surface area contributed by atoms with Crippen molar-refractivity contribution < 1.29 is 23.5 Å². The number of hydrogen-bond acceptors (Lipinski definition) is 2. The fourth-order valence-electron chi connectivity index (χ4n) is 0.166. The van der Waals surface area contributed by atoms with Crippen molar-refractivity contribution in [2.45, 2.75) is 5.91 Å². The molecule has 0 rings (SSSR count). The third kappa shape index (κ3) is 2.55. The van der Waals surface area contributed by atoms with Crippen molar-refractivity contribution in [3.8, 4) is 0 Å². The normalized spacial score (nSPS) is 15.0. The van der Waals surface area contributed by atoms with Gasteiger partial charge in [-0.2, -0.15) is 0 Å². The van der Waals surface area contributed by atoms with Crippen LogP contribution in [0.25, 0.3) is 0 Å². The highest BCUT2D eigenvalue weighted by molar-refractivity contribution is 7.53.